The zero-order chi connectivity index (χ0) is 13.9. The standard InChI is InChI=1S/C15H18N4O/c16-8-11-3-6-14(18-9-11)15(20)19(13-4-5-13)10-12-2-1-7-17-12/h3,6,9,12-13,17H,1-2,4-5,7,10H2. The minimum absolute atomic E-state index is 0.00862. The van der Waals surface area contributed by atoms with Crippen molar-refractivity contribution in [1.82, 2.24) is 15.2 Å². The first-order valence-electron chi connectivity index (χ1n) is 7.18. The van der Waals surface area contributed by atoms with Gasteiger partial charge in [0.15, 0.2) is 0 Å². The van der Waals surface area contributed by atoms with Gasteiger partial charge in [0.05, 0.1) is 5.56 Å². The highest BCUT2D eigenvalue weighted by Crippen LogP contribution is 2.28. The molecule has 1 saturated heterocycles. The van der Waals surface area contributed by atoms with E-state index >= 15 is 0 Å². The van der Waals surface area contributed by atoms with Gasteiger partial charge in [-0.2, -0.15) is 5.26 Å². The van der Waals surface area contributed by atoms with E-state index in [1.54, 1.807) is 12.1 Å². The predicted octanol–water partition coefficient (Wildman–Crippen LogP) is 1.31. The van der Waals surface area contributed by atoms with Crippen molar-refractivity contribution in [3.8, 4) is 6.07 Å². The largest absolute Gasteiger partial charge is 0.333 e. The van der Waals surface area contributed by atoms with Crippen LogP contribution in [-0.4, -0.2) is 41.0 Å². The van der Waals surface area contributed by atoms with E-state index in [9.17, 15) is 4.79 Å². The van der Waals surface area contributed by atoms with Crippen LogP contribution in [-0.2, 0) is 0 Å². The minimum Gasteiger partial charge on any atom is -0.333 e. The number of carbonyl (C=O) groups excluding carboxylic acids is 1. The van der Waals surface area contributed by atoms with Gasteiger partial charge in [0.25, 0.3) is 5.91 Å². The number of carbonyl (C=O) groups is 1. The second kappa shape index (κ2) is 5.59. The second-order valence-corrected chi connectivity index (χ2v) is 5.53. The molecule has 3 rings (SSSR count). The van der Waals surface area contributed by atoms with Crippen LogP contribution in [0, 0.1) is 11.3 Å². The van der Waals surface area contributed by atoms with Crippen LogP contribution < -0.4 is 5.32 Å². The van der Waals surface area contributed by atoms with Crippen molar-refractivity contribution in [2.75, 3.05) is 13.1 Å². The monoisotopic (exact) mass is 270 g/mol. The molecule has 1 aromatic rings. The first kappa shape index (κ1) is 13.1. The van der Waals surface area contributed by atoms with Gasteiger partial charge in [-0.15, -0.1) is 0 Å². The number of nitrogens with one attached hydrogen (secondary N) is 1. The Balaban J connectivity index is 1.72. The highest BCUT2D eigenvalue weighted by atomic mass is 16.2. The van der Waals surface area contributed by atoms with E-state index in [-0.39, 0.29) is 5.91 Å². The van der Waals surface area contributed by atoms with Gasteiger partial charge in [-0.3, -0.25) is 4.79 Å². The summed E-state index contributed by atoms with van der Waals surface area (Å²) in [7, 11) is 0. The summed E-state index contributed by atoms with van der Waals surface area (Å²) in [6.45, 7) is 1.82. The Morgan fingerprint density at radius 3 is 2.85 bits per heavy atom. The fourth-order valence-electron chi connectivity index (χ4n) is 2.67. The van der Waals surface area contributed by atoms with E-state index in [0.717, 1.165) is 32.4 Å². The molecular formula is C15H18N4O. The van der Waals surface area contributed by atoms with Crippen LogP contribution in [0.5, 0.6) is 0 Å². The van der Waals surface area contributed by atoms with Crippen LogP contribution in [0.25, 0.3) is 0 Å². The Labute approximate surface area is 118 Å². The molecule has 5 nitrogen and oxygen atoms in total. The molecule has 0 bridgehead atoms. The van der Waals surface area contributed by atoms with Crippen molar-refractivity contribution < 1.29 is 4.79 Å². The van der Waals surface area contributed by atoms with E-state index in [2.05, 4.69) is 10.3 Å². The summed E-state index contributed by atoms with van der Waals surface area (Å²) < 4.78 is 0. The lowest BCUT2D eigenvalue weighted by atomic mass is 10.2. The molecule has 0 spiro atoms. The van der Waals surface area contributed by atoms with Crippen molar-refractivity contribution in [3.63, 3.8) is 0 Å². The molecule has 1 aliphatic heterocycles. The first-order chi connectivity index (χ1) is 9.78. The molecule has 1 aliphatic carbocycles. The summed E-state index contributed by atoms with van der Waals surface area (Å²) in [6, 6.07) is 6.11. The van der Waals surface area contributed by atoms with Gasteiger partial charge in [0.1, 0.15) is 11.8 Å². The average Bonchev–Trinajstić information content (AvgIpc) is 3.21. The summed E-state index contributed by atoms with van der Waals surface area (Å²) in [4.78, 5) is 18.6. The Morgan fingerprint density at radius 2 is 2.30 bits per heavy atom. The lowest BCUT2D eigenvalue weighted by Gasteiger charge is -2.25. The smallest absolute Gasteiger partial charge is 0.272 e. The zero-order valence-corrected chi connectivity index (χ0v) is 11.4. The zero-order valence-electron chi connectivity index (χ0n) is 11.4. The molecule has 1 amide bonds. The van der Waals surface area contributed by atoms with Crippen molar-refractivity contribution in [3.05, 3.63) is 29.6 Å². The molecule has 2 heterocycles. The molecule has 1 N–H and O–H groups in total. The number of pyridine rings is 1. The summed E-state index contributed by atoms with van der Waals surface area (Å²) >= 11 is 0. The molecule has 0 aromatic carbocycles. The number of nitrogens with zero attached hydrogens (tertiary/aromatic N) is 3. The highest BCUT2D eigenvalue weighted by molar-refractivity contribution is 5.92. The van der Waals surface area contributed by atoms with Gasteiger partial charge in [0.2, 0.25) is 0 Å². The summed E-state index contributed by atoms with van der Waals surface area (Å²) in [6.07, 6.45) is 5.97. The minimum atomic E-state index is -0.00862. The first-order valence-corrected chi connectivity index (χ1v) is 7.18. The highest BCUT2D eigenvalue weighted by Gasteiger charge is 2.35. The van der Waals surface area contributed by atoms with Gasteiger partial charge in [0, 0.05) is 24.8 Å². The molecule has 0 radical (unpaired) electrons. The Kier molecular flexibility index (Phi) is 3.66. The lowest BCUT2D eigenvalue weighted by molar-refractivity contribution is 0.0722. The van der Waals surface area contributed by atoms with Crippen LogP contribution in [0.1, 0.15) is 41.7 Å². The van der Waals surface area contributed by atoms with Crippen molar-refractivity contribution in [1.29, 1.82) is 5.26 Å². The van der Waals surface area contributed by atoms with Crippen LogP contribution in [0.2, 0.25) is 0 Å². The van der Waals surface area contributed by atoms with E-state index < -0.39 is 0 Å². The molecule has 1 unspecified atom stereocenters. The van der Waals surface area contributed by atoms with Gasteiger partial charge in [-0.1, -0.05) is 0 Å². The number of hydrogen-bond acceptors (Lipinski definition) is 4. The van der Waals surface area contributed by atoms with E-state index in [0.29, 0.717) is 23.3 Å². The summed E-state index contributed by atoms with van der Waals surface area (Å²) in [5.41, 5.74) is 0.922. The third-order valence-electron chi connectivity index (χ3n) is 3.94. The SMILES string of the molecule is N#Cc1ccc(C(=O)N(CC2CCCN2)C2CC2)nc1. The Morgan fingerprint density at radius 1 is 1.45 bits per heavy atom. The molecule has 2 fully saturated rings. The molecule has 1 saturated carbocycles. The van der Waals surface area contributed by atoms with Gasteiger partial charge >= 0.3 is 0 Å². The summed E-state index contributed by atoms with van der Waals surface area (Å²) in [5.74, 6) is -0.00862. The van der Waals surface area contributed by atoms with Gasteiger partial charge in [-0.05, 0) is 44.4 Å². The van der Waals surface area contributed by atoms with Gasteiger partial charge in [-0.25, -0.2) is 4.98 Å². The number of nitriles is 1. The summed E-state index contributed by atoms with van der Waals surface area (Å²) in [5, 5.41) is 12.2. The number of aromatic nitrogens is 1. The molecule has 20 heavy (non-hydrogen) atoms. The quantitative estimate of drug-likeness (QED) is 0.895. The third kappa shape index (κ3) is 2.81. The fraction of sp³-hybridized carbons (Fsp3) is 0.533. The average molecular weight is 270 g/mol. The second-order valence-electron chi connectivity index (χ2n) is 5.53. The Bertz CT molecular complexity index is 524. The fourth-order valence-corrected chi connectivity index (χ4v) is 2.67. The number of hydrogen-bond donors (Lipinski definition) is 1. The van der Waals surface area contributed by atoms with E-state index in [1.165, 1.54) is 12.6 Å². The van der Waals surface area contributed by atoms with Crippen molar-refractivity contribution in [2.24, 2.45) is 0 Å². The van der Waals surface area contributed by atoms with E-state index in [1.807, 2.05) is 11.0 Å². The van der Waals surface area contributed by atoms with Crippen molar-refractivity contribution in [2.45, 2.75) is 37.8 Å². The number of amides is 1. The van der Waals surface area contributed by atoms with E-state index in [4.69, 9.17) is 5.26 Å². The molecule has 5 heteroatoms. The van der Waals surface area contributed by atoms with Gasteiger partial charge < -0.3 is 10.2 Å². The van der Waals surface area contributed by atoms with Crippen molar-refractivity contribution >= 4 is 5.91 Å². The third-order valence-corrected chi connectivity index (χ3v) is 3.94. The lowest BCUT2D eigenvalue weighted by Crippen LogP contribution is -2.42. The maximum absolute atomic E-state index is 12.6. The normalized spacial score (nSPS) is 21.4. The Hall–Kier alpha value is -1.93. The topological polar surface area (TPSA) is 69.0 Å². The predicted molar refractivity (Wildman–Crippen MR) is 74.0 cm³/mol. The maximum atomic E-state index is 12.6. The molecule has 104 valence electrons. The number of rotatable bonds is 4. The van der Waals surface area contributed by atoms with Crippen LogP contribution in [0.4, 0.5) is 0 Å². The molecular weight excluding hydrogens is 252 g/mol. The molecule has 1 atom stereocenters. The molecule has 2 aliphatic rings. The maximum Gasteiger partial charge on any atom is 0.272 e. The van der Waals surface area contributed by atoms with Crippen LogP contribution in [0.15, 0.2) is 18.3 Å². The molecule has 1 aromatic heterocycles. The van der Waals surface area contributed by atoms with Crippen LogP contribution in [0.3, 0.4) is 0 Å². The van der Waals surface area contributed by atoms with Crippen LogP contribution >= 0.6 is 0 Å².